The minimum Gasteiger partial charge on any atom is -0.486 e. The van der Waals surface area contributed by atoms with Crippen molar-refractivity contribution in [3.63, 3.8) is 0 Å². The first-order valence-corrected chi connectivity index (χ1v) is 7.34. The van der Waals surface area contributed by atoms with E-state index in [-0.39, 0.29) is 6.10 Å². The van der Waals surface area contributed by atoms with Crippen LogP contribution in [0.15, 0.2) is 12.1 Å². The van der Waals surface area contributed by atoms with E-state index in [9.17, 15) is 0 Å². The van der Waals surface area contributed by atoms with E-state index in [2.05, 4.69) is 12.2 Å². The van der Waals surface area contributed by atoms with Crippen LogP contribution in [0.2, 0.25) is 5.02 Å². The summed E-state index contributed by atoms with van der Waals surface area (Å²) in [6, 6.07) is 4.40. The molecule has 19 heavy (non-hydrogen) atoms. The smallest absolute Gasteiger partial charge is 0.163 e. The SMILES string of the molecule is Cc1cc2c(cc1Cl)OC(C1CCNC(C)C1)CO2. The maximum atomic E-state index is 6.16. The molecule has 0 aromatic heterocycles. The van der Waals surface area contributed by atoms with E-state index >= 15 is 0 Å². The van der Waals surface area contributed by atoms with Crippen molar-refractivity contribution in [3.05, 3.63) is 22.7 Å². The van der Waals surface area contributed by atoms with Gasteiger partial charge >= 0.3 is 0 Å². The number of hydrogen-bond donors (Lipinski definition) is 1. The van der Waals surface area contributed by atoms with E-state index in [1.54, 1.807) is 0 Å². The minimum atomic E-state index is 0.149. The highest BCUT2D eigenvalue weighted by Gasteiger charge is 2.32. The largest absolute Gasteiger partial charge is 0.486 e. The van der Waals surface area contributed by atoms with Crippen LogP contribution in [0.1, 0.15) is 25.3 Å². The highest BCUT2D eigenvalue weighted by atomic mass is 35.5. The van der Waals surface area contributed by atoms with Gasteiger partial charge in [-0.1, -0.05) is 11.6 Å². The van der Waals surface area contributed by atoms with Crippen molar-refractivity contribution in [3.8, 4) is 11.5 Å². The number of piperidine rings is 1. The van der Waals surface area contributed by atoms with Crippen LogP contribution in [0.3, 0.4) is 0 Å². The standard InChI is InChI=1S/C15H20ClNO2/c1-9-5-13-14(7-12(9)16)19-15(8-18-13)11-3-4-17-10(2)6-11/h5,7,10-11,15,17H,3-4,6,8H2,1-2H3. The Morgan fingerprint density at radius 3 is 2.95 bits per heavy atom. The highest BCUT2D eigenvalue weighted by Crippen LogP contribution is 2.38. The summed E-state index contributed by atoms with van der Waals surface area (Å²) in [6.45, 7) is 5.91. The predicted octanol–water partition coefficient (Wildman–Crippen LogP) is 3.18. The summed E-state index contributed by atoms with van der Waals surface area (Å²) in [5.41, 5.74) is 1.03. The molecule has 1 aromatic rings. The van der Waals surface area contributed by atoms with Crippen LogP contribution in [0.5, 0.6) is 11.5 Å². The van der Waals surface area contributed by atoms with E-state index < -0.39 is 0 Å². The molecule has 2 heterocycles. The molecule has 0 aliphatic carbocycles. The Bertz CT molecular complexity index is 477. The summed E-state index contributed by atoms with van der Waals surface area (Å²) in [7, 11) is 0. The van der Waals surface area contributed by atoms with Crippen molar-refractivity contribution in [1.82, 2.24) is 5.32 Å². The first-order chi connectivity index (χ1) is 9.13. The van der Waals surface area contributed by atoms with Gasteiger partial charge in [0, 0.05) is 23.0 Å². The van der Waals surface area contributed by atoms with Crippen LogP contribution in [-0.4, -0.2) is 25.3 Å². The van der Waals surface area contributed by atoms with Crippen molar-refractivity contribution in [2.24, 2.45) is 5.92 Å². The molecule has 1 N–H and O–H groups in total. The number of rotatable bonds is 1. The normalized spacial score (nSPS) is 30.2. The molecular formula is C15H20ClNO2. The fourth-order valence-electron chi connectivity index (χ4n) is 2.95. The molecule has 2 aliphatic heterocycles. The molecule has 3 nitrogen and oxygen atoms in total. The van der Waals surface area contributed by atoms with Crippen LogP contribution in [0.4, 0.5) is 0 Å². The third-order valence-corrected chi connectivity index (χ3v) is 4.50. The fraction of sp³-hybridized carbons (Fsp3) is 0.600. The fourth-order valence-corrected chi connectivity index (χ4v) is 3.10. The molecule has 104 valence electrons. The molecular weight excluding hydrogens is 262 g/mol. The van der Waals surface area contributed by atoms with Gasteiger partial charge in [-0.3, -0.25) is 0 Å². The van der Waals surface area contributed by atoms with Crippen molar-refractivity contribution in [1.29, 1.82) is 0 Å². The average molecular weight is 282 g/mol. The molecule has 2 aliphatic rings. The second-order valence-corrected chi connectivity index (χ2v) is 6.06. The quantitative estimate of drug-likeness (QED) is 0.858. The van der Waals surface area contributed by atoms with E-state index in [0.717, 1.165) is 41.5 Å². The lowest BCUT2D eigenvalue weighted by Crippen LogP contribution is -2.44. The van der Waals surface area contributed by atoms with Gasteiger partial charge in [0.2, 0.25) is 0 Å². The van der Waals surface area contributed by atoms with Crippen LogP contribution in [0.25, 0.3) is 0 Å². The Balaban J connectivity index is 1.76. The van der Waals surface area contributed by atoms with Gasteiger partial charge in [-0.15, -0.1) is 0 Å². The van der Waals surface area contributed by atoms with Gasteiger partial charge in [0.05, 0.1) is 0 Å². The lowest BCUT2D eigenvalue weighted by Gasteiger charge is -2.36. The second-order valence-electron chi connectivity index (χ2n) is 5.66. The van der Waals surface area contributed by atoms with Gasteiger partial charge in [0.1, 0.15) is 12.7 Å². The molecule has 0 bridgehead atoms. The summed E-state index contributed by atoms with van der Waals surface area (Å²) in [5, 5.41) is 4.21. The van der Waals surface area contributed by atoms with Gasteiger partial charge < -0.3 is 14.8 Å². The molecule has 1 saturated heterocycles. The average Bonchev–Trinajstić information content (AvgIpc) is 2.39. The van der Waals surface area contributed by atoms with Gasteiger partial charge in [0.15, 0.2) is 11.5 Å². The Labute approximate surface area is 119 Å². The molecule has 3 rings (SSSR count). The van der Waals surface area contributed by atoms with Crippen molar-refractivity contribution in [2.45, 2.75) is 38.8 Å². The molecule has 0 radical (unpaired) electrons. The molecule has 1 aromatic carbocycles. The molecule has 0 saturated carbocycles. The van der Waals surface area contributed by atoms with E-state index in [1.165, 1.54) is 0 Å². The van der Waals surface area contributed by atoms with Crippen LogP contribution < -0.4 is 14.8 Å². The molecule has 0 spiro atoms. The number of nitrogens with one attached hydrogen (secondary N) is 1. The van der Waals surface area contributed by atoms with Crippen LogP contribution in [-0.2, 0) is 0 Å². The van der Waals surface area contributed by atoms with E-state index in [0.29, 0.717) is 18.6 Å². The van der Waals surface area contributed by atoms with Crippen molar-refractivity contribution in [2.75, 3.05) is 13.2 Å². The van der Waals surface area contributed by atoms with Crippen LogP contribution >= 0.6 is 11.6 Å². The van der Waals surface area contributed by atoms with Crippen molar-refractivity contribution < 1.29 is 9.47 Å². The zero-order valence-corrected chi connectivity index (χ0v) is 12.2. The molecule has 0 amide bonds. The number of halogens is 1. The summed E-state index contributed by atoms with van der Waals surface area (Å²) in [4.78, 5) is 0. The summed E-state index contributed by atoms with van der Waals surface area (Å²) < 4.78 is 12.0. The van der Waals surface area contributed by atoms with E-state index in [4.69, 9.17) is 21.1 Å². The summed E-state index contributed by atoms with van der Waals surface area (Å²) in [5.74, 6) is 2.17. The van der Waals surface area contributed by atoms with E-state index in [1.807, 2.05) is 19.1 Å². The minimum absolute atomic E-state index is 0.149. The third-order valence-electron chi connectivity index (χ3n) is 4.10. The zero-order chi connectivity index (χ0) is 13.4. The summed E-state index contributed by atoms with van der Waals surface area (Å²) >= 11 is 6.16. The third kappa shape index (κ3) is 2.67. The Hall–Kier alpha value is -0.930. The van der Waals surface area contributed by atoms with Crippen molar-refractivity contribution >= 4 is 11.6 Å². The highest BCUT2D eigenvalue weighted by molar-refractivity contribution is 6.31. The van der Waals surface area contributed by atoms with Crippen LogP contribution in [0, 0.1) is 12.8 Å². The number of fused-ring (bicyclic) bond motifs is 1. The number of hydrogen-bond acceptors (Lipinski definition) is 3. The topological polar surface area (TPSA) is 30.5 Å². The maximum absolute atomic E-state index is 6.16. The Morgan fingerprint density at radius 2 is 2.16 bits per heavy atom. The zero-order valence-electron chi connectivity index (χ0n) is 11.4. The first kappa shape index (κ1) is 13.1. The lowest BCUT2D eigenvalue weighted by molar-refractivity contribution is 0.0314. The monoisotopic (exact) mass is 281 g/mol. The first-order valence-electron chi connectivity index (χ1n) is 6.96. The lowest BCUT2D eigenvalue weighted by atomic mass is 9.88. The number of ether oxygens (including phenoxy) is 2. The molecule has 3 unspecified atom stereocenters. The second kappa shape index (κ2) is 5.22. The van der Waals surface area contributed by atoms with Gasteiger partial charge in [-0.05, 0) is 44.9 Å². The maximum Gasteiger partial charge on any atom is 0.163 e. The molecule has 3 atom stereocenters. The number of aryl methyl sites for hydroxylation is 1. The molecule has 1 fully saturated rings. The van der Waals surface area contributed by atoms with Gasteiger partial charge in [0.25, 0.3) is 0 Å². The summed E-state index contributed by atoms with van der Waals surface area (Å²) in [6.07, 6.45) is 2.44. The predicted molar refractivity (Wildman–Crippen MR) is 76.3 cm³/mol. The van der Waals surface area contributed by atoms with Gasteiger partial charge in [-0.2, -0.15) is 0 Å². The van der Waals surface area contributed by atoms with Gasteiger partial charge in [-0.25, -0.2) is 0 Å². The Morgan fingerprint density at radius 1 is 1.32 bits per heavy atom. The molecule has 4 heteroatoms. The Kier molecular flexibility index (Phi) is 3.59. The number of benzene rings is 1.